The van der Waals surface area contributed by atoms with Crippen LogP contribution in [-0.4, -0.2) is 94.5 Å². The first-order chi connectivity index (χ1) is 32.9. The van der Waals surface area contributed by atoms with Gasteiger partial charge in [-0.3, -0.25) is 48.6 Å². The van der Waals surface area contributed by atoms with Crippen molar-refractivity contribution in [3.63, 3.8) is 0 Å². The Hall–Kier alpha value is -6.51. The number of amides is 5. The molecule has 6 rings (SSSR count). The summed E-state index contributed by atoms with van der Waals surface area (Å²) in [6, 6.07) is 16.4. The van der Waals surface area contributed by atoms with Gasteiger partial charge in [0, 0.05) is 31.2 Å². The summed E-state index contributed by atoms with van der Waals surface area (Å²) < 4.78 is 17.4. The van der Waals surface area contributed by atoms with Crippen molar-refractivity contribution in [2.24, 2.45) is 5.41 Å². The second-order valence-corrected chi connectivity index (χ2v) is 18.7. The van der Waals surface area contributed by atoms with E-state index in [4.69, 9.17) is 14.2 Å². The van der Waals surface area contributed by atoms with Gasteiger partial charge in [0.05, 0.1) is 11.1 Å². The molecule has 0 bridgehead atoms. The number of rotatable bonds is 22. The van der Waals surface area contributed by atoms with Crippen LogP contribution in [0.4, 0.5) is 0 Å². The highest BCUT2D eigenvalue weighted by atomic mass is 16.5. The number of fused-ring (bicyclic) bond motifs is 1. The van der Waals surface area contributed by atoms with Crippen LogP contribution in [0.25, 0.3) is 0 Å². The van der Waals surface area contributed by atoms with Crippen LogP contribution in [0.3, 0.4) is 0 Å². The van der Waals surface area contributed by atoms with Gasteiger partial charge in [-0.15, -0.1) is 0 Å². The number of esters is 1. The zero-order chi connectivity index (χ0) is 50.4. The number of aryl methyl sites for hydroxylation is 3. The molecule has 3 aliphatic heterocycles. The van der Waals surface area contributed by atoms with Gasteiger partial charge in [-0.1, -0.05) is 83.9 Å². The fourth-order valence-corrected chi connectivity index (χ4v) is 8.23. The molecule has 3 heterocycles. The Balaban J connectivity index is 0.000000282. The number of nitrogens with zero attached hydrogens (tertiary/aromatic N) is 2. The maximum Gasteiger partial charge on any atom is 0.329 e. The number of ether oxygens (including phenoxy) is 3. The van der Waals surface area contributed by atoms with Gasteiger partial charge in [0.15, 0.2) is 11.6 Å². The number of benzene rings is 3. The first kappa shape index (κ1) is 53.4. The molecule has 3 aliphatic rings. The monoisotopic (exact) mass is 949 g/mol. The topological polar surface area (TPSA) is 200 Å². The van der Waals surface area contributed by atoms with E-state index in [0.29, 0.717) is 57.2 Å². The Labute approximate surface area is 405 Å². The van der Waals surface area contributed by atoms with Crippen molar-refractivity contribution in [3.8, 4) is 11.5 Å². The van der Waals surface area contributed by atoms with E-state index in [1.54, 1.807) is 26.0 Å². The van der Waals surface area contributed by atoms with E-state index in [9.17, 15) is 43.2 Å². The number of hydrogen-bond acceptors (Lipinski definition) is 12. The van der Waals surface area contributed by atoms with Crippen LogP contribution >= 0.6 is 0 Å². The highest BCUT2D eigenvalue weighted by molar-refractivity contribution is 6.38. The lowest BCUT2D eigenvalue weighted by atomic mass is 9.84. The Kier molecular flexibility index (Phi) is 19.1. The lowest BCUT2D eigenvalue weighted by Crippen LogP contribution is -2.54. The number of nitrogens with one attached hydrogen (secondary N) is 1. The van der Waals surface area contributed by atoms with E-state index in [0.717, 1.165) is 41.7 Å². The molecule has 3 aromatic carbocycles. The lowest BCUT2D eigenvalue weighted by molar-refractivity contribution is -0.161. The van der Waals surface area contributed by atoms with E-state index in [1.807, 2.05) is 39.0 Å². The normalized spacial score (nSPS) is 17.1. The second-order valence-electron chi connectivity index (χ2n) is 18.7. The highest BCUT2D eigenvalue weighted by Crippen LogP contribution is 2.34. The molecule has 2 saturated heterocycles. The third-order valence-electron chi connectivity index (χ3n) is 13.1. The molecule has 0 aliphatic carbocycles. The molecule has 2 fully saturated rings. The van der Waals surface area contributed by atoms with Gasteiger partial charge < -0.3 is 19.1 Å². The molecule has 69 heavy (non-hydrogen) atoms. The number of likely N-dealkylation sites (tertiary alicyclic amines) is 1. The van der Waals surface area contributed by atoms with Gasteiger partial charge in [-0.25, -0.2) is 4.79 Å². The average Bonchev–Trinajstić information content (AvgIpc) is 3.93. The van der Waals surface area contributed by atoms with Crippen LogP contribution in [0.2, 0.25) is 0 Å². The van der Waals surface area contributed by atoms with E-state index in [-0.39, 0.29) is 54.5 Å². The minimum Gasteiger partial charge on any atom is -0.486 e. The number of Topliss-reactive ketones (excluding diaryl/α,β-unsaturated/α-hetero) is 3. The minimum atomic E-state index is -1.03. The van der Waals surface area contributed by atoms with Crippen LogP contribution in [-0.2, 0) is 44.7 Å². The third kappa shape index (κ3) is 13.8. The molecule has 0 spiro atoms. The van der Waals surface area contributed by atoms with Gasteiger partial charge in [0.2, 0.25) is 17.6 Å². The van der Waals surface area contributed by atoms with Crippen molar-refractivity contribution >= 4 is 52.9 Å². The Morgan fingerprint density at radius 1 is 0.797 bits per heavy atom. The smallest absolute Gasteiger partial charge is 0.329 e. The predicted molar refractivity (Wildman–Crippen MR) is 256 cm³/mol. The number of hydrogen-bond donors (Lipinski definition) is 1. The summed E-state index contributed by atoms with van der Waals surface area (Å²) in [6.45, 7) is 13.7. The third-order valence-corrected chi connectivity index (χ3v) is 13.1. The zero-order valence-electron chi connectivity index (χ0n) is 41.1. The molecule has 15 heteroatoms. The minimum absolute atomic E-state index is 0.00215. The Morgan fingerprint density at radius 3 is 2.13 bits per heavy atom. The summed E-state index contributed by atoms with van der Waals surface area (Å²) in [7, 11) is 0. The zero-order valence-corrected chi connectivity index (χ0v) is 41.1. The van der Waals surface area contributed by atoms with Gasteiger partial charge in [0.1, 0.15) is 42.9 Å². The van der Waals surface area contributed by atoms with Crippen molar-refractivity contribution in [2.75, 3.05) is 19.8 Å². The summed E-state index contributed by atoms with van der Waals surface area (Å²) in [5.41, 5.74) is 3.69. The van der Waals surface area contributed by atoms with E-state index < -0.39 is 64.9 Å². The molecule has 5 amide bonds. The number of carbonyl (C=O) groups is 9. The number of piperidine rings is 1. The molecule has 0 radical (unpaired) electrons. The van der Waals surface area contributed by atoms with Crippen LogP contribution in [0.15, 0.2) is 60.7 Å². The van der Waals surface area contributed by atoms with Gasteiger partial charge in [-0.2, -0.15) is 0 Å². The standard InChI is InChI=1S/C35H47NO6.C19H20N2O6/c1-7-9-13-28(37)23-41-29-14-10-12-27(22-29)31(19-18-26-17-16-24(3)25(4)21-26)42-34(40)30-15-11-20-36(30)33(39)32(38)35(5,6)8-2;1-2-3-5-11(22)10-27-14-7-4-6-12-16(14)19(26)21(18(12)25)13-8-9-15(23)20-17(13)24/h10,12,14,16-17,21-22,30-31H,7-9,11,13,15,18-20,23H2,1-6H3;4,6-7,13H,2-3,5,8-10H2,1H3,(H,20,23,24)/t30-,31+;/m0./s1. The maximum absolute atomic E-state index is 13.6. The average molecular weight is 950 g/mol. The fraction of sp³-hybridized carbons (Fsp3) is 0.500. The fourth-order valence-electron chi connectivity index (χ4n) is 8.23. The molecule has 15 nitrogen and oxygen atoms in total. The van der Waals surface area contributed by atoms with Crippen LogP contribution in [0.1, 0.15) is 161 Å². The number of ketones is 3. The van der Waals surface area contributed by atoms with Crippen molar-refractivity contribution in [3.05, 3.63) is 94.0 Å². The van der Waals surface area contributed by atoms with Gasteiger partial charge in [0.25, 0.3) is 17.7 Å². The molecule has 0 aromatic heterocycles. The van der Waals surface area contributed by atoms with Crippen molar-refractivity contribution < 1.29 is 57.4 Å². The lowest BCUT2D eigenvalue weighted by Gasteiger charge is -2.28. The molecule has 370 valence electrons. The van der Waals surface area contributed by atoms with Crippen molar-refractivity contribution in [1.29, 1.82) is 0 Å². The summed E-state index contributed by atoms with van der Waals surface area (Å²) in [5, 5.41) is 2.15. The summed E-state index contributed by atoms with van der Waals surface area (Å²) in [5.74, 6) is -3.31. The van der Waals surface area contributed by atoms with Gasteiger partial charge >= 0.3 is 5.97 Å². The molecule has 1 N–H and O–H groups in total. The number of imide groups is 2. The second kappa shape index (κ2) is 24.7. The molecular weight excluding hydrogens is 883 g/mol. The first-order valence-electron chi connectivity index (χ1n) is 24.3. The molecule has 3 atom stereocenters. The van der Waals surface area contributed by atoms with Crippen molar-refractivity contribution in [1.82, 2.24) is 15.1 Å². The molecule has 0 saturated carbocycles. The number of unbranched alkanes of at least 4 members (excludes halogenated alkanes) is 2. The predicted octanol–water partition coefficient (Wildman–Crippen LogP) is 7.88. The molecule has 3 aromatic rings. The SMILES string of the molecule is CCCCC(=O)COc1cccc([C@@H](CCc2ccc(C)c(C)c2)OC(=O)[C@@H]2CCCN2C(=O)C(=O)C(C)(C)CC)c1.CCCCC(=O)COc1cccc2c1C(=O)N(C1CCC(=O)NC1=O)C2=O. The molecule has 1 unspecified atom stereocenters. The highest BCUT2D eigenvalue weighted by Gasteiger charge is 2.46. The summed E-state index contributed by atoms with van der Waals surface area (Å²) >= 11 is 0. The van der Waals surface area contributed by atoms with Crippen LogP contribution < -0.4 is 14.8 Å². The Bertz CT molecular complexity index is 2420. The first-order valence-corrected chi connectivity index (χ1v) is 24.3. The van der Waals surface area contributed by atoms with Crippen LogP contribution in [0.5, 0.6) is 11.5 Å². The van der Waals surface area contributed by atoms with E-state index >= 15 is 0 Å². The van der Waals surface area contributed by atoms with E-state index in [2.05, 4.69) is 37.4 Å². The quantitative estimate of drug-likeness (QED) is 0.0581. The molecular formula is C54H67N3O12. The summed E-state index contributed by atoms with van der Waals surface area (Å²) in [4.78, 5) is 115. The van der Waals surface area contributed by atoms with Crippen molar-refractivity contribution in [2.45, 2.75) is 150 Å². The van der Waals surface area contributed by atoms with Crippen LogP contribution in [0, 0.1) is 19.3 Å². The van der Waals surface area contributed by atoms with Gasteiger partial charge in [-0.05, 0) is 112 Å². The largest absolute Gasteiger partial charge is 0.486 e. The maximum atomic E-state index is 13.6. The summed E-state index contributed by atoms with van der Waals surface area (Å²) in [6.07, 6.45) is 6.67. The van der Waals surface area contributed by atoms with E-state index in [1.165, 1.54) is 28.2 Å². The Morgan fingerprint density at radius 2 is 1.48 bits per heavy atom. The number of carbonyl (C=O) groups excluding carboxylic acids is 9.